The third-order valence-corrected chi connectivity index (χ3v) is 2.48. The van der Waals surface area contributed by atoms with Gasteiger partial charge in [-0.3, -0.25) is 4.79 Å². The minimum absolute atomic E-state index is 0.0111. The Morgan fingerprint density at radius 2 is 2.25 bits per heavy atom. The van der Waals surface area contributed by atoms with Crippen molar-refractivity contribution in [2.24, 2.45) is 0 Å². The van der Waals surface area contributed by atoms with Crippen molar-refractivity contribution in [2.45, 2.75) is 32.7 Å². The van der Waals surface area contributed by atoms with E-state index in [4.69, 9.17) is 5.11 Å². The summed E-state index contributed by atoms with van der Waals surface area (Å²) in [5.74, 6) is -0.0111. The molecular formula is C13H19NO2. The zero-order valence-electron chi connectivity index (χ0n) is 9.86. The molecule has 0 spiro atoms. The van der Waals surface area contributed by atoms with E-state index in [1.165, 1.54) is 5.56 Å². The van der Waals surface area contributed by atoms with Gasteiger partial charge in [-0.15, -0.1) is 0 Å². The number of carbonyl (C=O) groups excluding carboxylic acids is 1. The Bertz CT molecular complexity index is 350. The molecule has 0 heterocycles. The first kappa shape index (κ1) is 12.7. The van der Waals surface area contributed by atoms with E-state index in [1.54, 1.807) is 0 Å². The van der Waals surface area contributed by atoms with Crippen molar-refractivity contribution in [1.29, 1.82) is 0 Å². The molecule has 1 aromatic carbocycles. The summed E-state index contributed by atoms with van der Waals surface area (Å²) >= 11 is 0. The first-order valence-corrected chi connectivity index (χ1v) is 5.60. The molecule has 0 aromatic heterocycles. The Labute approximate surface area is 96.5 Å². The van der Waals surface area contributed by atoms with Gasteiger partial charge in [0.25, 0.3) is 0 Å². The van der Waals surface area contributed by atoms with Crippen LogP contribution in [0.15, 0.2) is 24.3 Å². The van der Waals surface area contributed by atoms with Gasteiger partial charge >= 0.3 is 0 Å². The van der Waals surface area contributed by atoms with Gasteiger partial charge in [-0.1, -0.05) is 29.8 Å². The van der Waals surface area contributed by atoms with E-state index in [0.29, 0.717) is 12.8 Å². The Morgan fingerprint density at radius 1 is 1.50 bits per heavy atom. The van der Waals surface area contributed by atoms with Gasteiger partial charge in [-0.25, -0.2) is 0 Å². The number of amides is 1. The van der Waals surface area contributed by atoms with Crippen LogP contribution in [0, 0.1) is 6.92 Å². The van der Waals surface area contributed by atoms with Crippen molar-refractivity contribution in [3.05, 3.63) is 35.4 Å². The minimum Gasteiger partial charge on any atom is -0.396 e. The summed E-state index contributed by atoms with van der Waals surface area (Å²) in [6.45, 7) is 4.06. The molecule has 3 nitrogen and oxygen atoms in total. The fourth-order valence-electron chi connectivity index (χ4n) is 1.58. The van der Waals surface area contributed by atoms with Gasteiger partial charge in [0.2, 0.25) is 5.91 Å². The third-order valence-electron chi connectivity index (χ3n) is 2.48. The smallest absolute Gasteiger partial charge is 0.220 e. The normalized spacial score (nSPS) is 12.2. The van der Waals surface area contributed by atoms with Crippen LogP contribution in [0.2, 0.25) is 0 Å². The highest BCUT2D eigenvalue weighted by molar-refractivity contribution is 5.76. The van der Waals surface area contributed by atoms with Crippen LogP contribution in [0.3, 0.4) is 0 Å². The number of benzene rings is 1. The summed E-state index contributed by atoms with van der Waals surface area (Å²) in [7, 11) is 0. The largest absolute Gasteiger partial charge is 0.396 e. The molecule has 16 heavy (non-hydrogen) atoms. The molecule has 0 saturated carbocycles. The summed E-state index contributed by atoms with van der Waals surface area (Å²) < 4.78 is 0. The van der Waals surface area contributed by atoms with Crippen molar-refractivity contribution >= 4 is 5.91 Å². The van der Waals surface area contributed by atoms with Gasteiger partial charge in [-0.05, 0) is 25.8 Å². The molecule has 1 aromatic rings. The monoisotopic (exact) mass is 221 g/mol. The van der Waals surface area contributed by atoms with E-state index in [0.717, 1.165) is 5.56 Å². The molecule has 1 amide bonds. The number of aliphatic hydroxyl groups is 1. The lowest BCUT2D eigenvalue weighted by molar-refractivity contribution is -0.122. The Hall–Kier alpha value is -1.35. The van der Waals surface area contributed by atoms with Crippen LogP contribution in [0.5, 0.6) is 0 Å². The summed E-state index contributed by atoms with van der Waals surface area (Å²) in [6.07, 6.45) is 0.902. The maximum atomic E-state index is 11.4. The maximum absolute atomic E-state index is 11.4. The number of rotatable bonds is 5. The highest BCUT2D eigenvalue weighted by Crippen LogP contribution is 2.13. The van der Waals surface area contributed by atoms with E-state index in [9.17, 15) is 4.79 Å². The van der Waals surface area contributed by atoms with Crippen LogP contribution >= 0.6 is 0 Å². The highest BCUT2D eigenvalue weighted by atomic mass is 16.3. The quantitative estimate of drug-likeness (QED) is 0.798. The standard InChI is InChI=1S/C13H19NO2/c1-10-5-3-6-12(9-10)11(2)14-13(16)7-4-8-15/h3,5-6,9,11,15H,4,7-8H2,1-2H3,(H,14,16)/t11-/m1/s1. The molecule has 0 aliphatic heterocycles. The lowest BCUT2D eigenvalue weighted by atomic mass is 10.1. The summed E-state index contributed by atoms with van der Waals surface area (Å²) in [5, 5.41) is 11.5. The molecule has 88 valence electrons. The average molecular weight is 221 g/mol. The number of aliphatic hydroxyl groups excluding tert-OH is 1. The molecule has 1 rings (SSSR count). The Morgan fingerprint density at radius 3 is 2.88 bits per heavy atom. The SMILES string of the molecule is Cc1cccc([C@@H](C)NC(=O)CCCO)c1. The van der Waals surface area contributed by atoms with Gasteiger partial charge in [0.1, 0.15) is 0 Å². The van der Waals surface area contributed by atoms with E-state index in [2.05, 4.69) is 11.4 Å². The van der Waals surface area contributed by atoms with Crippen LogP contribution in [0.4, 0.5) is 0 Å². The van der Waals surface area contributed by atoms with Crippen molar-refractivity contribution in [3.63, 3.8) is 0 Å². The number of hydrogen-bond acceptors (Lipinski definition) is 2. The Kier molecular flexibility index (Phi) is 4.99. The first-order chi connectivity index (χ1) is 7.63. The molecule has 2 N–H and O–H groups in total. The first-order valence-electron chi connectivity index (χ1n) is 5.60. The predicted molar refractivity (Wildman–Crippen MR) is 64.1 cm³/mol. The summed E-state index contributed by atoms with van der Waals surface area (Å²) in [4.78, 5) is 11.4. The summed E-state index contributed by atoms with van der Waals surface area (Å²) in [6, 6.07) is 8.11. The molecule has 0 fully saturated rings. The summed E-state index contributed by atoms with van der Waals surface area (Å²) in [5.41, 5.74) is 2.30. The molecule has 0 aliphatic carbocycles. The van der Waals surface area contributed by atoms with E-state index in [-0.39, 0.29) is 18.6 Å². The number of aryl methyl sites for hydroxylation is 1. The van der Waals surface area contributed by atoms with E-state index in [1.807, 2.05) is 32.0 Å². The van der Waals surface area contributed by atoms with Gasteiger partial charge in [0.15, 0.2) is 0 Å². The fourth-order valence-corrected chi connectivity index (χ4v) is 1.58. The number of carbonyl (C=O) groups is 1. The van der Waals surface area contributed by atoms with Crippen molar-refractivity contribution in [3.8, 4) is 0 Å². The zero-order chi connectivity index (χ0) is 12.0. The number of nitrogens with one attached hydrogen (secondary N) is 1. The van der Waals surface area contributed by atoms with Crippen LogP contribution in [0.25, 0.3) is 0 Å². The van der Waals surface area contributed by atoms with Gasteiger partial charge in [-0.2, -0.15) is 0 Å². The van der Waals surface area contributed by atoms with Gasteiger partial charge in [0, 0.05) is 13.0 Å². The number of hydrogen-bond donors (Lipinski definition) is 2. The van der Waals surface area contributed by atoms with E-state index < -0.39 is 0 Å². The molecule has 0 radical (unpaired) electrons. The average Bonchev–Trinajstić information content (AvgIpc) is 2.26. The molecule has 0 unspecified atom stereocenters. The molecule has 0 saturated heterocycles. The Balaban J connectivity index is 2.52. The topological polar surface area (TPSA) is 49.3 Å². The zero-order valence-corrected chi connectivity index (χ0v) is 9.86. The lowest BCUT2D eigenvalue weighted by Gasteiger charge is -2.14. The van der Waals surface area contributed by atoms with Crippen molar-refractivity contribution in [2.75, 3.05) is 6.61 Å². The molecular weight excluding hydrogens is 202 g/mol. The van der Waals surface area contributed by atoms with Crippen molar-refractivity contribution < 1.29 is 9.90 Å². The second-order valence-electron chi connectivity index (χ2n) is 4.03. The molecule has 0 bridgehead atoms. The second kappa shape index (κ2) is 6.28. The third kappa shape index (κ3) is 4.03. The van der Waals surface area contributed by atoms with Crippen LogP contribution in [-0.2, 0) is 4.79 Å². The van der Waals surface area contributed by atoms with Gasteiger partial charge in [0.05, 0.1) is 6.04 Å². The minimum atomic E-state index is -0.0111. The molecule has 3 heteroatoms. The van der Waals surface area contributed by atoms with Crippen LogP contribution in [-0.4, -0.2) is 17.6 Å². The second-order valence-corrected chi connectivity index (χ2v) is 4.03. The maximum Gasteiger partial charge on any atom is 0.220 e. The lowest BCUT2D eigenvalue weighted by Crippen LogP contribution is -2.26. The molecule has 1 atom stereocenters. The van der Waals surface area contributed by atoms with E-state index >= 15 is 0 Å². The molecule has 0 aliphatic rings. The highest BCUT2D eigenvalue weighted by Gasteiger charge is 2.08. The van der Waals surface area contributed by atoms with Crippen LogP contribution < -0.4 is 5.32 Å². The predicted octanol–water partition coefficient (Wildman–Crippen LogP) is 1.94. The van der Waals surface area contributed by atoms with Gasteiger partial charge < -0.3 is 10.4 Å². The van der Waals surface area contributed by atoms with Crippen molar-refractivity contribution in [1.82, 2.24) is 5.32 Å². The van der Waals surface area contributed by atoms with Crippen LogP contribution in [0.1, 0.15) is 36.9 Å². The fraction of sp³-hybridized carbons (Fsp3) is 0.462.